The van der Waals surface area contributed by atoms with Crippen molar-refractivity contribution in [1.82, 2.24) is 9.10 Å². The maximum absolute atomic E-state index is 2.65. The van der Waals surface area contributed by atoms with Crippen molar-refractivity contribution in [3.8, 4) is 22.4 Å². The lowest BCUT2D eigenvalue weighted by Gasteiger charge is -2.39. The minimum atomic E-state index is -0.468. The molecule has 0 saturated heterocycles. The van der Waals surface area contributed by atoms with Gasteiger partial charge in [0.05, 0.1) is 5.41 Å². The second-order valence-electron chi connectivity index (χ2n) is 13.9. The number of fused-ring (bicyclic) bond motifs is 15. The van der Waals surface area contributed by atoms with Crippen molar-refractivity contribution in [3.05, 3.63) is 174 Å². The van der Waals surface area contributed by atoms with Crippen molar-refractivity contribution in [2.75, 3.05) is 0 Å². The number of pyridine rings is 2. The molecule has 0 saturated carbocycles. The van der Waals surface area contributed by atoms with Crippen molar-refractivity contribution in [1.29, 1.82) is 0 Å². The van der Waals surface area contributed by atoms with E-state index in [0.717, 1.165) is 0 Å². The molecule has 0 fully saturated rings. The van der Waals surface area contributed by atoms with Gasteiger partial charge in [-0.3, -0.25) is 0 Å². The molecular weight excluding hydrogens is 585 g/mol. The van der Waals surface area contributed by atoms with E-state index in [0.29, 0.717) is 4.70 Å². The average Bonchev–Trinajstić information content (AvgIpc) is 3.83. The van der Waals surface area contributed by atoms with Crippen molar-refractivity contribution in [2.45, 2.75) is 12.3 Å². The van der Waals surface area contributed by atoms with Gasteiger partial charge in [0.15, 0.2) is 10.9 Å². The highest BCUT2D eigenvalue weighted by Gasteiger charge is 2.74. The first-order valence-electron chi connectivity index (χ1n) is 16.9. The van der Waals surface area contributed by atoms with Crippen LogP contribution in [0.2, 0.25) is 0 Å². The molecule has 1 atom stereocenters. The van der Waals surface area contributed by atoms with E-state index in [1.165, 1.54) is 99.9 Å². The molecule has 1 aliphatic carbocycles. The lowest BCUT2D eigenvalue weighted by molar-refractivity contribution is -1.01. The van der Waals surface area contributed by atoms with Crippen molar-refractivity contribution in [2.24, 2.45) is 0 Å². The molecule has 0 bridgehead atoms. The fraction of sp³-hybridized carbons (Fsp3) is 0.0455. The Kier molecular flexibility index (Phi) is 3.79. The van der Waals surface area contributed by atoms with Crippen molar-refractivity contribution in [3.63, 3.8) is 0 Å². The number of hydrogen-bond acceptors (Lipinski definition) is 0. The molecule has 220 valence electrons. The molecule has 4 heteroatoms. The van der Waals surface area contributed by atoms with E-state index in [-0.39, 0.29) is 0 Å². The summed E-state index contributed by atoms with van der Waals surface area (Å²) in [5.74, 6) is 0. The number of aryl methyl sites for hydroxylation is 1. The summed E-state index contributed by atoms with van der Waals surface area (Å²) in [4.78, 5) is 0. The molecule has 1 unspecified atom stereocenters. The lowest BCUT2D eigenvalue weighted by Crippen LogP contribution is -2.82. The molecule has 4 nitrogen and oxygen atoms in total. The van der Waals surface area contributed by atoms with E-state index >= 15 is 0 Å². The van der Waals surface area contributed by atoms with Crippen molar-refractivity contribution >= 4 is 49.7 Å². The second-order valence-corrected chi connectivity index (χ2v) is 13.9. The molecule has 3 aromatic heterocycles. The maximum atomic E-state index is 2.65. The van der Waals surface area contributed by atoms with Crippen LogP contribution in [0.15, 0.2) is 146 Å². The van der Waals surface area contributed by atoms with Gasteiger partial charge in [0.1, 0.15) is 15.8 Å². The van der Waals surface area contributed by atoms with Crippen LogP contribution in [-0.2, 0) is 5.41 Å². The molecule has 6 aromatic carbocycles. The van der Waals surface area contributed by atoms with E-state index in [1.54, 1.807) is 0 Å². The molecule has 13 rings (SSSR count). The normalized spacial score (nSPS) is 17.9. The Labute approximate surface area is 275 Å². The van der Waals surface area contributed by atoms with Crippen LogP contribution in [0.25, 0.3) is 60.7 Å². The Hall–Kier alpha value is -6.10. The van der Waals surface area contributed by atoms with E-state index in [2.05, 4.69) is 166 Å². The van der Waals surface area contributed by atoms with Gasteiger partial charge in [-0.05, 0) is 59.0 Å². The number of rotatable bonds is 0. The summed E-state index contributed by atoms with van der Waals surface area (Å²) in [5, 5.41) is 3.93. The van der Waals surface area contributed by atoms with Crippen LogP contribution in [-0.4, -0.2) is 4.40 Å². The van der Waals surface area contributed by atoms with Crippen LogP contribution in [0, 0.1) is 6.92 Å². The number of nitrogens with zero attached hydrogens (tertiary/aromatic N) is 4. The van der Waals surface area contributed by atoms with Gasteiger partial charge in [-0.15, -0.1) is 0 Å². The van der Waals surface area contributed by atoms with Gasteiger partial charge in [0.25, 0.3) is 17.1 Å². The molecule has 6 heterocycles. The Morgan fingerprint density at radius 3 is 2.06 bits per heavy atom. The number of quaternary nitrogens is 1. The second kappa shape index (κ2) is 7.54. The SMILES string of the molecule is Cc1cc[n+]2c(c1)-c1cccc3c1[N+]21c2c(ccc4c5ccccc5n5c6ccccc6[n+]1c5c24)C31c2ccccc2-c2ccccc21. The fourth-order valence-corrected chi connectivity index (χ4v) is 10.5. The van der Waals surface area contributed by atoms with Crippen LogP contribution in [0.4, 0.5) is 11.4 Å². The monoisotopic (exact) mass is 611 g/mol. The van der Waals surface area contributed by atoms with E-state index in [4.69, 9.17) is 0 Å². The summed E-state index contributed by atoms with van der Waals surface area (Å²) in [5.41, 5.74) is 19.1. The van der Waals surface area contributed by atoms with Gasteiger partial charge in [0, 0.05) is 43.4 Å². The number of benzene rings is 6. The van der Waals surface area contributed by atoms with Crippen LogP contribution in [0.5, 0.6) is 0 Å². The smallest absolute Gasteiger partial charge is 0.182 e. The summed E-state index contributed by atoms with van der Waals surface area (Å²) in [6.45, 7) is 2.22. The van der Waals surface area contributed by atoms with Crippen LogP contribution >= 0.6 is 0 Å². The number of aromatic nitrogens is 3. The fourth-order valence-electron chi connectivity index (χ4n) is 10.5. The quantitative estimate of drug-likeness (QED) is 0.0923. The first kappa shape index (κ1) is 24.1. The average molecular weight is 612 g/mol. The zero-order chi connectivity index (χ0) is 31.1. The molecule has 2 spiro atoms. The Morgan fingerprint density at radius 2 is 1.23 bits per heavy atom. The summed E-state index contributed by atoms with van der Waals surface area (Å²) in [6, 6.07) is 52.9. The largest absolute Gasteiger partial charge is 0.359 e. The summed E-state index contributed by atoms with van der Waals surface area (Å²) in [7, 11) is 0. The molecule has 0 N–H and O–H groups in total. The van der Waals surface area contributed by atoms with Crippen molar-refractivity contribution < 1.29 is 9.35 Å². The number of hydrogen-bond donors (Lipinski definition) is 0. The first-order chi connectivity index (χ1) is 23.8. The predicted octanol–water partition coefficient (Wildman–Crippen LogP) is 8.82. The molecule has 48 heavy (non-hydrogen) atoms. The van der Waals surface area contributed by atoms with Gasteiger partial charge in [-0.25, -0.2) is 0 Å². The molecule has 0 radical (unpaired) electrons. The van der Waals surface area contributed by atoms with Gasteiger partial charge in [-0.1, -0.05) is 103 Å². The van der Waals surface area contributed by atoms with E-state index < -0.39 is 5.41 Å². The maximum Gasteiger partial charge on any atom is 0.359 e. The summed E-state index contributed by atoms with van der Waals surface area (Å²) < 4.78 is 8.21. The molecule has 9 aromatic rings. The highest BCUT2D eigenvalue weighted by atomic mass is 15.9. The summed E-state index contributed by atoms with van der Waals surface area (Å²) >= 11 is 0. The standard InChI is InChI=1S/C44H27N4/c1-26-23-24-45-39(25-26)31-14-10-17-34-41(31)48(45)42-35(44(34)32-15-5-2-11-27(32)28-12-3-6-16-33(28)44)22-21-30-29-13-4-7-18-36(29)46-37-19-8-9-20-38(37)47(48)43(46)40(30)42/h2-25H,1H3/q+3. The zero-order valence-electron chi connectivity index (χ0n) is 26.1. The number of para-hydroxylation sites is 4. The Balaban J connectivity index is 1.40. The Morgan fingerprint density at radius 1 is 0.562 bits per heavy atom. The molecule has 0 amide bonds. The number of imidazole rings is 1. The highest BCUT2D eigenvalue weighted by molar-refractivity contribution is 6.20. The van der Waals surface area contributed by atoms with Crippen LogP contribution in [0.3, 0.4) is 0 Å². The predicted molar refractivity (Wildman–Crippen MR) is 190 cm³/mol. The molecule has 3 aliphatic heterocycles. The minimum Gasteiger partial charge on any atom is -0.182 e. The molecular formula is C44H27N4+3. The van der Waals surface area contributed by atoms with Crippen LogP contribution in [0.1, 0.15) is 27.8 Å². The van der Waals surface area contributed by atoms with E-state index in [1.807, 2.05) is 0 Å². The van der Waals surface area contributed by atoms with Gasteiger partial charge >= 0.3 is 5.65 Å². The Bertz CT molecular complexity index is 2990. The zero-order valence-corrected chi connectivity index (χ0v) is 26.1. The third kappa shape index (κ3) is 2.19. The van der Waals surface area contributed by atoms with Crippen LogP contribution < -0.4 is 14.1 Å². The summed E-state index contributed by atoms with van der Waals surface area (Å²) in [6.07, 6.45) is 2.34. The van der Waals surface area contributed by atoms with Gasteiger partial charge in [-0.2, -0.15) is 4.40 Å². The first-order valence-corrected chi connectivity index (χ1v) is 16.9. The van der Waals surface area contributed by atoms with Gasteiger partial charge in [0.2, 0.25) is 11.7 Å². The van der Waals surface area contributed by atoms with E-state index in [9.17, 15) is 0 Å². The minimum absolute atomic E-state index is 0.468. The molecule has 4 aliphatic rings. The lowest BCUT2D eigenvalue weighted by atomic mass is 9.64. The highest BCUT2D eigenvalue weighted by Crippen LogP contribution is 2.67. The third-order valence-electron chi connectivity index (χ3n) is 12.0. The van der Waals surface area contributed by atoms with Gasteiger partial charge < -0.3 is 0 Å². The third-order valence-corrected chi connectivity index (χ3v) is 12.0. The topological polar surface area (TPSA) is 12.2 Å².